The van der Waals surface area contributed by atoms with E-state index in [9.17, 15) is 123 Å². The fourth-order valence-electron chi connectivity index (χ4n) is 15.2. The molecule has 49 heteroatoms. The molecule has 6 rings (SSSR count). The average Bonchev–Trinajstić information content (AvgIpc) is 1.55. The van der Waals surface area contributed by atoms with Gasteiger partial charge in [-0.3, -0.25) is 70.3 Å². The summed E-state index contributed by atoms with van der Waals surface area (Å²) in [4.78, 5) is 152. The molecular formula is C75H134N9O37P3. The van der Waals surface area contributed by atoms with Crippen LogP contribution in [0.3, 0.4) is 0 Å². The molecule has 6 aliphatic heterocycles. The van der Waals surface area contributed by atoms with Crippen molar-refractivity contribution >= 4 is 76.6 Å². The lowest BCUT2D eigenvalue weighted by Gasteiger charge is -2.42. The van der Waals surface area contributed by atoms with Crippen LogP contribution >= 0.6 is 23.5 Å². The third-order valence-corrected chi connectivity index (χ3v) is 24.7. The standard InChI is InChI=1S/C75H134N9O37P3/c1-45(2)119-122(104,105)113-43-50-34-53(37-83(50)62(96)25-10-7-16-28-77-59(93)22-13-19-31-111-74-65(80-47(4)89)71(102)68(99)56(40-86)117-74)121-124(108,109)115-44-51-35-54(38-84(51)63(97)26-11-8-17-29-78-60(94)23-14-20-32-112-75-66(81-48(5)90)72(103)69(100)57(41-87)118-75)120-123(106,107)114-42-49-33-52(91)36-82(49)61(95)24-9-6-15-27-76-58(92)21-12-18-30-110-73-64(79-46(3)88)70(101)67(98)55(39-85)116-73/h45,49-57,64-75,85-87,91,98-103H,6-44H2,1-5H3,(H,76,92)(H,77,93)(H,78,94)(H,79,88)(H,80,89)(H,81,90)(H,104,105)(H,106,107)(H,108,109)/t49-,50-,51-,52+,53+,54+,55?,56?,57?,64?,65?,66?,67?,68?,69?,70?,71?,72?,73?,74?,75?/m0/s1. The Labute approximate surface area is 720 Å². The Bertz CT molecular complexity index is 3460. The predicted molar refractivity (Wildman–Crippen MR) is 430 cm³/mol. The number of unbranched alkanes of at least 4 members (excludes halogenated alkanes) is 9. The molecule has 6 aliphatic rings. The zero-order valence-corrected chi connectivity index (χ0v) is 73.8. The summed E-state index contributed by atoms with van der Waals surface area (Å²) in [5.41, 5.74) is 0. The molecule has 6 heterocycles. The van der Waals surface area contributed by atoms with Gasteiger partial charge in [-0.2, -0.15) is 0 Å². The van der Waals surface area contributed by atoms with Crippen molar-refractivity contribution in [2.75, 3.05) is 98.7 Å². The number of amides is 9. The van der Waals surface area contributed by atoms with E-state index in [1.807, 2.05) is 0 Å². The number of hydrogen-bond acceptors (Lipinski definition) is 34. The first-order valence-corrected chi connectivity index (χ1v) is 47.1. The van der Waals surface area contributed by atoms with Gasteiger partial charge in [-0.15, -0.1) is 0 Å². The maximum absolute atomic E-state index is 14.2. The number of aliphatic hydroxyl groups excluding tert-OH is 10. The molecule has 0 aliphatic carbocycles. The summed E-state index contributed by atoms with van der Waals surface area (Å²) in [6.45, 7) is 3.13. The van der Waals surface area contributed by atoms with E-state index in [-0.39, 0.29) is 140 Å². The van der Waals surface area contributed by atoms with Crippen LogP contribution in [0.15, 0.2) is 0 Å². The third kappa shape index (κ3) is 37.4. The molecule has 18 unspecified atom stereocenters. The topological polar surface area (TPSA) is 660 Å². The van der Waals surface area contributed by atoms with Gasteiger partial charge in [-0.1, -0.05) is 19.3 Å². The lowest BCUT2D eigenvalue weighted by Crippen LogP contribution is -2.64. The highest BCUT2D eigenvalue weighted by atomic mass is 31.2. The number of hydrogen-bond donors (Lipinski definition) is 19. The van der Waals surface area contributed by atoms with Crippen LogP contribution in [-0.2, 0) is 112 Å². The van der Waals surface area contributed by atoms with Gasteiger partial charge in [0.1, 0.15) is 73.1 Å². The third-order valence-electron chi connectivity index (χ3n) is 21.5. The molecule has 0 aromatic rings. The second-order valence-corrected chi connectivity index (χ2v) is 36.3. The molecule has 0 radical (unpaired) electrons. The normalized spacial score (nSPS) is 29.8. The van der Waals surface area contributed by atoms with Crippen LogP contribution in [0.25, 0.3) is 0 Å². The Morgan fingerprint density at radius 3 is 0.976 bits per heavy atom. The summed E-state index contributed by atoms with van der Waals surface area (Å²) in [6.07, 6.45) is -14.4. The minimum atomic E-state index is -5.16. The zero-order valence-electron chi connectivity index (χ0n) is 71.1. The van der Waals surface area contributed by atoms with E-state index in [2.05, 4.69) is 31.9 Å². The Hall–Kier alpha value is -5.08. The highest BCUT2D eigenvalue weighted by molar-refractivity contribution is 7.48. The molecule has 0 aromatic heterocycles. The molecule has 0 bridgehead atoms. The SMILES string of the molecule is CC(=O)NC1C(OCCCCC(=O)NCCCCCC(=O)N2C[C@H](O)C[C@H]2COP(=O)(O)O[C@@H]2C[C@@H](COP(=O)(O)O[C@@H]3C[C@@H](COP(=O)(O)OC(C)C)N(C(=O)CCCCCNC(=O)CCCCOC4OC(CO)C(O)C(O)C4NC(C)=O)C3)N(C(=O)CCCCCNC(=O)CCCCOC3OC(CO)C(O)C(O)C3NC(C)=O)C2)OC(CO)C(O)C1O. The van der Waals surface area contributed by atoms with Crippen LogP contribution in [0.5, 0.6) is 0 Å². The second kappa shape index (κ2) is 54.5. The first kappa shape index (κ1) is 108. The van der Waals surface area contributed by atoms with Crippen LogP contribution in [0, 0.1) is 0 Å². The number of carbonyl (C=O) groups is 9. The minimum Gasteiger partial charge on any atom is -0.394 e. The number of ether oxygens (including phenoxy) is 6. The Morgan fingerprint density at radius 1 is 0.387 bits per heavy atom. The number of phosphoric acid groups is 3. The van der Waals surface area contributed by atoms with Crippen molar-refractivity contribution in [3.63, 3.8) is 0 Å². The van der Waals surface area contributed by atoms with Gasteiger partial charge in [0.15, 0.2) is 18.9 Å². The molecule has 6 saturated heterocycles. The van der Waals surface area contributed by atoms with E-state index < -0.39 is 227 Å². The molecule has 19 N–H and O–H groups in total. The molecule has 0 aromatic carbocycles. The van der Waals surface area contributed by atoms with E-state index in [0.29, 0.717) is 96.4 Å². The summed E-state index contributed by atoms with van der Waals surface area (Å²) < 4.78 is 107. The quantitative estimate of drug-likeness (QED) is 0.0215. The largest absolute Gasteiger partial charge is 0.472 e. The number of aliphatic hydroxyl groups is 10. The lowest BCUT2D eigenvalue weighted by molar-refractivity contribution is -0.270. The average molecular weight is 1850 g/mol. The number of rotatable bonds is 57. The Kier molecular flexibility index (Phi) is 47.4. The number of phosphoric ester groups is 3. The molecule has 0 saturated carbocycles. The van der Waals surface area contributed by atoms with Crippen molar-refractivity contribution in [2.24, 2.45) is 0 Å². The first-order valence-electron chi connectivity index (χ1n) is 42.6. The van der Waals surface area contributed by atoms with Gasteiger partial charge < -0.3 is 141 Å². The van der Waals surface area contributed by atoms with Gasteiger partial charge in [0.05, 0.1) is 82.2 Å². The zero-order chi connectivity index (χ0) is 91.4. The molecule has 46 nitrogen and oxygen atoms in total. The number of likely N-dealkylation sites (tertiary alicyclic amines) is 3. The predicted octanol–water partition coefficient (Wildman–Crippen LogP) is -2.88. The van der Waals surface area contributed by atoms with E-state index in [1.165, 1.54) is 49.3 Å². The molecule has 9 amide bonds. The summed E-state index contributed by atoms with van der Waals surface area (Å²) in [5.74, 6) is -3.71. The van der Waals surface area contributed by atoms with Gasteiger partial charge >= 0.3 is 23.5 Å². The van der Waals surface area contributed by atoms with E-state index in [1.54, 1.807) is 0 Å². The number of nitrogens with zero attached hydrogens (tertiary/aromatic N) is 3. The van der Waals surface area contributed by atoms with Gasteiger partial charge in [-0.05, 0) is 110 Å². The van der Waals surface area contributed by atoms with Crippen LogP contribution in [0.4, 0.5) is 0 Å². The molecule has 0 spiro atoms. The van der Waals surface area contributed by atoms with Gasteiger partial charge in [0, 0.05) is 118 Å². The summed E-state index contributed by atoms with van der Waals surface area (Å²) in [6, 6.07) is -6.32. The summed E-state index contributed by atoms with van der Waals surface area (Å²) in [7, 11) is -14.9. The number of β-amino-alcohol motifs (C(OH)–C–C–N with tert-alkyl or cyclic N) is 1. The highest BCUT2D eigenvalue weighted by Gasteiger charge is 2.50. The van der Waals surface area contributed by atoms with Crippen LogP contribution in [0.2, 0.25) is 0 Å². The first-order chi connectivity index (χ1) is 58.7. The van der Waals surface area contributed by atoms with Crippen LogP contribution in [0.1, 0.15) is 189 Å². The van der Waals surface area contributed by atoms with Gasteiger partial charge in [-0.25, -0.2) is 13.7 Å². The van der Waals surface area contributed by atoms with Crippen LogP contribution < -0.4 is 31.9 Å². The van der Waals surface area contributed by atoms with Gasteiger partial charge in [0.2, 0.25) is 53.2 Å². The fourth-order valence-corrected chi connectivity index (χ4v) is 18.0. The number of nitrogens with one attached hydrogen (secondary N) is 6. The van der Waals surface area contributed by atoms with Crippen molar-refractivity contribution in [3.8, 4) is 0 Å². The maximum Gasteiger partial charge on any atom is 0.472 e. The molecule has 6 fully saturated rings. The van der Waals surface area contributed by atoms with Crippen molar-refractivity contribution in [1.29, 1.82) is 0 Å². The minimum absolute atomic E-state index is 0.0169. The van der Waals surface area contributed by atoms with Crippen molar-refractivity contribution in [2.45, 2.75) is 323 Å². The second-order valence-electron chi connectivity index (χ2n) is 32.1. The van der Waals surface area contributed by atoms with Gasteiger partial charge in [0.25, 0.3) is 0 Å². The van der Waals surface area contributed by atoms with E-state index in [0.717, 1.165) is 0 Å². The molecule has 24 atom stereocenters. The van der Waals surface area contributed by atoms with Crippen LogP contribution in [-0.4, -0.2) is 367 Å². The summed E-state index contributed by atoms with van der Waals surface area (Å²) >= 11 is 0. The lowest BCUT2D eigenvalue weighted by atomic mass is 9.97. The fraction of sp³-hybridized carbons (Fsp3) is 0.880. The Balaban J connectivity index is 0.978. The summed E-state index contributed by atoms with van der Waals surface area (Å²) in [5, 5.41) is 118. The number of carbonyl (C=O) groups excluding carboxylic acids is 9. The molecule has 716 valence electrons. The smallest absolute Gasteiger partial charge is 0.394 e. The Morgan fingerprint density at radius 2 is 0.677 bits per heavy atom. The molecule has 124 heavy (non-hydrogen) atoms. The van der Waals surface area contributed by atoms with Crippen molar-refractivity contribution < 1.29 is 178 Å². The van der Waals surface area contributed by atoms with E-state index >= 15 is 0 Å². The van der Waals surface area contributed by atoms with Crippen molar-refractivity contribution in [1.82, 2.24) is 46.6 Å². The molecular weight excluding hydrogens is 1710 g/mol. The van der Waals surface area contributed by atoms with Crippen molar-refractivity contribution in [3.05, 3.63) is 0 Å². The monoisotopic (exact) mass is 1850 g/mol. The maximum atomic E-state index is 14.2. The van der Waals surface area contributed by atoms with E-state index in [4.69, 9.17) is 55.6 Å². The highest BCUT2D eigenvalue weighted by Crippen LogP contribution is 2.51.